The fraction of sp³-hybridized carbons (Fsp3) is 0.455. The molecule has 0 radical (unpaired) electrons. The highest BCUT2D eigenvalue weighted by molar-refractivity contribution is 9.10. The van der Waals surface area contributed by atoms with E-state index >= 15 is 0 Å². The van der Waals surface area contributed by atoms with Crippen LogP contribution < -0.4 is 5.73 Å². The van der Waals surface area contributed by atoms with Gasteiger partial charge in [-0.1, -0.05) is 15.9 Å². The number of hydrogen-bond acceptors (Lipinski definition) is 2. The predicted molar refractivity (Wildman–Crippen MR) is 60.2 cm³/mol. The monoisotopic (exact) mass is 255 g/mol. The third kappa shape index (κ3) is 1.79. The molecule has 2 rings (SSSR count). The highest BCUT2D eigenvalue weighted by Gasteiger charge is 2.31. The van der Waals surface area contributed by atoms with Crippen molar-refractivity contribution in [1.29, 1.82) is 0 Å². The molecule has 1 aromatic rings. The van der Waals surface area contributed by atoms with Crippen molar-refractivity contribution in [2.45, 2.75) is 25.8 Å². The Bertz CT molecular complexity index is 361. The number of phenols is 1. The zero-order valence-corrected chi connectivity index (χ0v) is 9.71. The molecule has 0 unspecified atom stereocenters. The van der Waals surface area contributed by atoms with Crippen molar-refractivity contribution < 1.29 is 5.11 Å². The summed E-state index contributed by atoms with van der Waals surface area (Å²) < 4.78 is 0.985. The van der Waals surface area contributed by atoms with Crippen LogP contribution in [-0.2, 0) is 0 Å². The Labute approximate surface area is 92.3 Å². The van der Waals surface area contributed by atoms with Gasteiger partial charge in [-0.2, -0.15) is 0 Å². The van der Waals surface area contributed by atoms with Gasteiger partial charge in [0.2, 0.25) is 0 Å². The summed E-state index contributed by atoms with van der Waals surface area (Å²) in [5, 5.41) is 9.87. The summed E-state index contributed by atoms with van der Waals surface area (Å²) in [6.07, 6.45) is 2.37. The van der Waals surface area contributed by atoms with Gasteiger partial charge in [0.05, 0.1) is 0 Å². The van der Waals surface area contributed by atoms with Crippen LogP contribution in [0.4, 0.5) is 0 Å². The van der Waals surface area contributed by atoms with Crippen LogP contribution in [0.3, 0.4) is 0 Å². The summed E-state index contributed by atoms with van der Waals surface area (Å²) in [4.78, 5) is 0. The average molecular weight is 256 g/mol. The van der Waals surface area contributed by atoms with Crippen molar-refractivity contribution in [3.63, 3.8) is 0 Å². The maximum Gasteiger partial charge on any atom is 0.123 e. The minimum atomic E-state index is -0.00815. The normalized spacial score (nSPS) is 18.2. The van der Waals surface area contributed by atoms with Crippen molar-refractivity contribution >= 4 is 15.9 Å². The van der Waals surface area contributed by atoms with Gasteiger partial charge in [0.15, 0.2) is 0 Å². The second-order valence-electron chi connectivity index (χ2n) is 4.02. The third-order valence-corrected chi connectivity index (χ3v) is 3.24. The molecule has 3 N–H and O–H groups in total. The maximum absolute atomic E-state index is 9.87. The molecule has 76 valence electrons. The van der Waals surface area contributed by atoms with Crippen molar-refractivity contribution in [3.8, 4) is 5.75 Å². The Morgan fingerprint density at radius 1 is 1.50 bits per heavy atom. The number of hydrogen-bond donors (Lipinski definition) is 2. The molecule has 0 aromatic heterocycles. The molecule has 2 nitrogen and oxygen atoms in total. The first-order valence-electron chi connectivity index (χ1n) is 4.84. The lowest BCUT2D eigenvalue weighted by molar-refractivity contribution is 0.452. The zero-order chi connectivity index (χ0) is 10.3. The van der Waals surface area contributed by atoms with Crippen molar-refractivity contribution in [2.75, 3.05) is 0 Å². The molecule has 1 saturated carbocycles. The fourth-order valence-corrected chi connectivity index (χ4v) is 2.31. The lowest BCUT2D eigenvalue weighted by atomic mass is 10.00. The second-order valence-corrected chi connectivity index (χ2v) is 4.94. The SMILES string of the molecule is Cc1cc(Br)cc([C@@H](N)C2CC2)c1O. The van der Waals surface area contributed by atoms with Gasteiger partial charge in [-0.05, 0) is 43.4 Å². The second kappa shape index (κ2) is 3.55. The highest BCUT2D eigenvalue weighted by atomic mass is 79.9. The summed E-state index contributed by atoms with van der Waals surface area (Å²) in [7, 11) is 0. The van der Waals surface area contributed by atoms with E-state index in [0.717, 1.165) is 15.6 Å². The first-order chi connectivity index (χ1) is 6.59. The van der Waals surface area contributed by atoms with E-state index in [0.29, 0.717) is 11.7 Å². The smallest absolute Gasteiger partial charge is 0.123 e. The van der Waals surface area contributed by atoms with Gasteiger partial charge >= 0.3 is 0 Å². The summed E-state index contributed by atoms with van der Waals surface area (Å²) in [6.45, 7) is 1.89. The molecule has 1 fully saturated rings. The van der Waals surface area contributed by atoms with E-state index in [1.807, 2.05) is 19.1 Å². The van der Waals surface area contributed by atoms with Crippen LogP contribution in [0.2, 0.25) is 0 Å². The van der Waals surface area contributed by atoms with Crippen molar-refractivity contribution in [1.82, 2.24) is 0 Å². The van der Waals surface area contributed by atoms with E-state index in [1.165, 1.54) is 12.8 Å². The van der Waals surface area contributed by atoms with Crippen LogP contribution in [0.15, 0.2) is 16.6 Å². The van der Waals surface area contributed by atoms with Gasteiger partial charge in [0, 0.05) is 16.1 Å². The Morgan fingerprint density at radius 3 is 2.71 bits per heavy atom. The van der Waals surface area contributed by atoms with Gasteiger partial charge < -0.3 is 10.8 Å². The third-order valence-electron chi connectivity index (χ3n) is 2.78. The molecule has 3 heteroatoms. The van der Waals surface area contributed by atoms with Crippen LogP contribution >= 0.6 is 15.9 Å². The Kier molecular flexibility index (Phi) is 2.54. The Hall–Kier alpha value is -0.540. The van der Waals surface area contributed by atoms with Crippen LogP contribution in [0, 0.1) is 12.8 Å². The van der Waals surface area contributed by atoms with Crippen LogP contribution in [0.25, 0.3) is 0 Å². The van der Waals surface area contributed by atoms with Crippen molar-refractivity contribution in [2.24, 2.45) is 11.7 Å². The van der Waals surface area contributed by atoms with Gasteiger partial charge in [-0.15, -0.1) is 0 Å². The van der Waals surface area contributed by atoms with E-state index in [1.54, 1.807) is 0 Å². The van der Waals surface area contributed by atoms with Gasteiger partial charge in [-0.3, -0.25) is 0 Å². The van der Waals surface area contributed by atoms with Gasteiger partial charge in [0.1, 0.15) is 5.75 Å². The summed E-state index contributed by atoms with van der Waals surface area (Å²) in [5.41, 5.74) is 7.81. The first-order valence-corrected chi connectivity index (χ1v) is 5.63. The van der Waals surface area contributed by atoms with Gasteiger partial charge in [-0.25, -0.2) is 0 Å². The zero-order valence-electron chi connectivity index (χ0n) is 8.13. The standard InChI is InChI=1S/C11H14BrNO/c1-6-4-8(12)5-9(11(6)14)10(13)7-2-3-7/h4-5,7,10,14H,2-3,13H2,1H3/t10-/m0/s1. The highest BCUT2D eigenvalue weighted by Crippen LogP contribution is 2.43. The molecular weight excluding hydrogens is 242 g/mol. The fourth-order valence-electron chi connectivity index (χ4n) is 1.72. The molecule has 1 aromatic carbocycles. The molecule has 0 spiro atoms. The van der Waals surface area contributed by atoms with E-state index in [2.05, 4.69) is 15.9 Å². The maximum atomic E-state index is 9.87. The van der Waals surface area contributed by atoms with E-state index in [-0.39, 0.29) is 6.04 Å². The summed E-state index contributed by atoms with van der Waals surface area (Å²) >= 11 is 3.42. The Balaban J connectivity index is 2.39. The molecular formula is C11H14BrNO. The number of nitrogens with two attached hydrogens (primary N) is 1. The summed E-state index contributed by atoms with van der Waals surface area (Å²) in [6, 6.07) is 3.82. The average Bonchev–Trinajstić information content (AvgIpc) is 2.93. The number of halogens is 1. The van der Waals surface area contributed by atoms with Crippen LogP contribution in [-0.4, -0.2) is 5.11 Å². The van der Waals surface area contributed by atoms with Crippen LogP contribution in [0.5, 0.6) is 5.75 Å². The minimum absolute atomic E-state index is 0.00815. The minimum Gasteiger partial charge on any atom is -0.507 e. The molecule has 0 aliphatic heterocycles. The number of phenolic OH excluding ortho intramolecular Hbond substituents is 1. The largest absolute Gasteiger partial charge is 0.507 e. The van der Waals surface area contributed by atoms with E-state index in [4.69, 9.17) is 5.73 Å². The van der Waals surface area contributed by atoms with Gasteiger partial charge in [0.25, 0.3) is 0 Å². The molecule has 1 atom stereocenters. The first kappa shape index (κ1) is 9.99. The van der Waals surface area contributed by atoms with E-state index in [9.17, 15) is 5.11 Å². The molecule has 0 bridgehead atoms. The molecule has 1 aliphatic rings. The lowest BCUT2D eigenvalue weighted by Gasteiger charge is -2.14. The number of rotatable bonds is 2. The predicted octanol–water partition coefficient (Wildman–Crippen LogP) is 2.87. The van der Waals surface area contributed by atoms with E-state index < -0.39 is 0 Å². The molecule has 0 saturated heterocycles. The Morgan fingerprint density at radius 2 is 2.14 bits per heavy atom. The molecule has 0 amide bonds. The topological polar surface area (TPSA) is 46.2 Å². The number of benzene rings is 1. The summed E-state index contributed by atoms with van der Waals surface area (Å²) in [5.74, 6) is 0.919. The quantitative estimate of drug-likeness (QED) is 0.854. The lowest BCUT2D eigenvalue weighted by Crippen LogP contribution is -2.12. The number of aryl methyl sites for hydroxylation is 1. The molecule has 14 heavy (non-hydrogen) atoms. The molecule has 0 heterocycles. The number of aromatic hydroxyl groups is 1. The van der Waals surface area contributed by atoms with Crippen LogP contribution in [0.1, 0.15) is 30.0 Å². The molecule has 1 aliphatic carbocycles. The van der Waals surface area contributed by atoms with Crippen molar-refractivity contribution in [3.05, 3.63) is 27.7 Å².